The molecule has 1 aliphatic carbocycles. The van der Waals surface area contributed by atoms with Gasteiger partial charge in [-0.3, -0.25) is 4.79 Å². The van der Waals surface area contributed by atoms with E-state index in [2.05, 4.69) is 31.4 Å². The summed E-state index contributed by atoms with van der Waals surface area (Å²) in [7, 11) is 0. The van der Waals surface area contributed by atoms with Crippen LogP contribution in [0.3, 0.4) is 0 Å². The Morgan fingerprint density at radius 1 is 1.41 bits per heavy atom. The average molecular weight is 240 g/mol. The standard InChI is InChI=1S/C14H28N2O/c1-5-6-7-8-15-13(17)11(2)16-10-12-9-14(12,3)4/h11-12,16H,5-10H2,1-4H3,(H,15,17). The smallest absolute Gasteiger partial charge is 0.236 e. The van der Waals surface area contributed by atoms with E-state index >= 15 is 0 Å². The second-order valence-electron chi connectivity index (χ2n) is 6.02. The number of carbonyl (C=O) groups is 1. The molecule has 0 heterocycles. The summed E-state index contributed by atoms with van der Waals surface area (Å²) in [5.74, 6) is 0.886. The lowest BCUT2D eigenvalue weighted by Crippen LogP contribution is -2.43. The fraction of sp³-hybridized carbons (Fsp3) is 0.929. The summed E-state index contributed by atoms with van der Waals surface area (Å²) in [6.45, 7) is 10.5. The lowest BCUT2D eigenvalue weighted by atomic mass is 10.1. The van der Waals surface area contributed by atoms with Gasteiger partial charge in [0.05, 0.1) is 6.04 Å². The van der Waals surface area contributed by atoms with Gasteiger partial charge in [0.1, 0.15) is 0 Å². The number of unbranched alkanes of at least 4 members (excludes halogenated alkanes) is 2. The summed E-state index contributed by atoms with van der Waals surface area (Å²) >= 11 is 0. The van der Waals surface area contributed by atoms with Gasteiger partial charge in [-0.05, 0) is 37.6 Å². The third-order valence-corrected chi connectivity index (χ3v) is 3.86. The van der Waals surface area contributed by atoms with Gasteiger partial charge in [-0.25, -0.2) is 0 Å². The number of hydrogen-bond donors (Lipinski definition) is 2. The van der Waals surface area contributed by atoms with Gasteiger partial charge in [0.25, 0.3) is 0 Å². The minimum atomic E-state index is -0.0620. The Kier molecular flexibility index (Phi) is 5.44. The second-order valence-corrected chi connectivity index (χ2v) is 6.02. The van der Waals surface area contributed by atoms with Gasteiger partial charge >= 0.3 is 0 Å². The second kappa shape index (κ2) is 6.39. The number of rotatable bonds is 8. The molecule has 0 bridgehead atoms. The van der Waals surface area contributed by atoms with Crippen LogP contribution in [-0.4, -0.2) is 25.0 Å². The van der Waals surface area contributed by atoms with Crippen LogP contribution < -0.4 is 10.6 Å². The molecule has 1 amide bonds. The van der Waals surface area contributed by atoms with E-state index in [4.69, 9.17) is 0 Å². The molecule has 100 valence electrons. The van der Waals surface area contributed by atoms with E-state index in [1.165, 1.54) is 19.3 Å². The Hall–Kier alpha value is -0.570. The fourth-order valence-electron chi connectivity index (χ4n) is 2.08. The zero-order valence-corrected chi connectivity index (χ0v) is 11.8. The Morgan fingerprint density at radius 3 is 2.59 bits per heavy atom. The Bertz CT molecular complexity index is 251. The fourth-order valence-corrected chi connectivity index (χ4v) is 2.08. The third kappa shape index (κ3) is 5.07. The molecule has 0 aliphatic heterocycles. The van der Waals surface area contributed by atoms with E-state index in [9.17, 15) is 4.79 Å². The Labute approximate surface area is 106 Å². The molecule has 17 heavy (non-hydrogen) atoms. The molecule has 2 unspecified atom stereocenters. The van der Waals surface area contributed by atoms with Gasteiger partial charge in [0.15, 0.2) is 0 Å². The van der Waals surface area contributed by atoms with E-state index in [0.717, 1.165) is 25.4 Å². The summed E-state index contributed by atoms with van der Waals surface area (Å²) in [6.07, 6.45) is 4.76. The van der Waals surface area contributed by atoms with E-state index < -0.39 is 0 Å². The van der Waals surface area contributed by atoms with Crippen LogP contribution in [0.15, 0.2) is 0 Å². The molecule has 2 atom stereocenters. The van der Waals surface area contributed by atoms with Crippen LogP contribution >= 0.6 is 0 Å². The molecule has 0 spiro atoms. The van der Waals surface area contributed by atoms with Crippen molar-refractivity contribution in [2.24, 2.45) is 11.3 Å². The molecule has 0 aromatic heterocycles. The molecule has 0 radical (unpaired) electrons. The van der Waals surface area contributed by atoms with Gasteiger partial charge in [-0.15, -0.1) is 0 Å². The summed E-state index contributed by atoms with van der Waals surface area (Å²) < 4.78 is 0. The van der Waals surface area contributed by atoms with Gasteiger partial charge in [0.2, 0.25) is 5.91 Å². The summed E-state index contributed by atoms with van der Waals surface area (Å²) in [5.41, 5.74) is 0.490. The molecule has 1 saturated carbocycles. The van der Waals surface area contributed by atoms with E-state index in [1.807, 2.05) is 6.92 Å². The Balaban J connectivity index is 2.06. The lowest BCUT2D eigenvalue weighted by molar-refractivity contribution is -0.122. The summed E-state index contributed by atoms with van der Waals surface area (Å²) in [6, 6.07) is -0.0620. The monoisotopic (exact) mass is 240 g/mol. The van der Waals surface area contributed by atoms with Crippen molar-refractivity contribution in [2.45, 2.75) is 59.4 Å². The minimum Gasteiger partial charge on any atom is -0.355 e. The molecule has 0 aromatic carbocycles. The zero-order valence-electron chi connectivity index (χ0n) is 11.8. The largest absolute Gasteiger partial charge is 0.355 e. The van der Waals surface area contributed by atoms with Crippen LogP contribution in [0.25, 0.3) is 0 Å². The van der Waals surface area contributed by atoms with Crippen molar-refractivity contribution in [1.29, 1.82) is 0 Å². The van der Waals surface area contributed by atoms with Gasteiger partial charge in [-0.1, -0.05) is 33.6 Å². The first-order chi connectivity index (χ1) is 7.97. The van der Waals surface area contributed by atoms with Gasteiger partial charge in [-0.2, -0.15) is 0 Å². The molecular weight excluding hydrogens is 212 g/mol. The Morgan fingerprint density at radius 2 is 2.06 bits per heavy atom. The molecule has 3 nitrogen and oxygen atoms in total. The average Bonchev–Trinajstić information content (AvgIpc) is 2.89. The van der Waals surface area contributed by atoms with E-state index in [0.29, 0.717) is 5.41 Å². The molecule has 1 fully saturated rings. The maximum absolute atomic E-state index is 11.7. The maximum atomic E-state index is 11.7. The van der Waals surface area contributed by atoms with Crippen molar-refractivity contribution < 1.29 is 4.79 Å². The van der Waals surface area contributed by atoms with Crippen molar-refractivity contribution in [3.8, 4) is 0 Å². The number of hydrogen-bond acceptors (Lipinski definition) is 2. The van der Waals surface area contributed by atoms with Crippen LogP contribution in [0.1, 0.15) is 53.4 Å². The highest BCUT2D eigenvalue weighted by Crippen LogP contribution is 2.50. The normalized spacial score (nSPS) is 23.2. The van der Waals surface area contributed by atoms with Crippen molar-refractivity contribution >= 4 is 5.91 Å². The maximum Gasteiger partial charge on any atom is 0.236 e. The SMILES string of the molecule is CCCCCNC(=O)C(C)NCC1CC1(C)C. The predicted octanol–water partition coefficient (Wildman–Crippen LogP) is 2.32. The number of nitrogens with one attached hydrogen (secondary N) is 2. The molecule has 0 saturated heterocycles. The first-order valence-corrected chi connectivity index (χ1v) is 6.98. The van der Waals surface area contributed by atoms with Crippen LogP contribution in [0, 0.1) is 11.3 Å². The van der Waals surface area contributed by atoms with Crippen molar-refractivity contribution in [1.82, 2.24) is 10.6 Å². The zero-order chi connectivity index (χ0) is 12.9. The third-order valence-electron chi connectivity index (χ3n) is 3.86. The van der Waals surface area contributed by atoms with Crippen molar-refractivity contribution in [2.75, 3.05) is 13.1 Å². The van der Waals surface area contributed by atoms with Crippen molar-refractivity contribution in [3.63, 3.8) is 0 Å². The van der Waals surface area contributed by atoms with Crippen molar-refractivity contribution in [3.05, 3.63) is 0 Å². The molecule has 1 aliphatic rings. The molecule has 3 heteroatoms. The molecular formula is C14H28N2O. The predicted molar refractivity (Wildman–Crippen MR) is 71.9 cm³/mol. The molecule has 2 N–H and O–H groups in total. The van der Waals surface area contributed by atoms with Gasteiger partial charge < -0.3 is 10.6 Å². The van der Waals surface area contributed by atoms with E-state index in [1.54, 1.807) is 0 Å². The number of amides is 1. The molecule has 0 aromatic rings. The minimum absolute atomic E-state index is 0.0620. The molecule has 1 rings (SSSR count). The number of carbonyl (C=O) groups excluding carboxylic acids is 1. The lowest BCUT2D eigenvalue weighted by Gasteiger charge is -2.14. The van der Waals surface area contributed by atoms with Crippen LogP contribution in [-0.2, 0) is 4.79 Å². The first-order valence-electron chi connectivity index (χ1n) is 6.98. The van der Waals surface area contributed by atoms with Gasteiger partial charge in [0, 0.05) is 6.54 Å². The first kappa shape index (κ1) is 14.5. The quantitative estimate of drug-likeness (QED) is 0.639. The summed E-state index contributed by atoms with van der Waals surface area (Å²) in [4.78, 5) is 11.7. The topological polar surface area (TPSA) is 41.1 Å². The summed E-state index contributed by atoms with van der Waals surface area (Å²) in [5, 5.41) is 6.31. The highest BCUT2D eigenvalue weighted by molar-refractivity contribution is 5.81. The van der Waals surface area contributed by atoms with Crippen LogP contribution in [0.2, 0.25) is 0 Å². The highest BCUT2D eigenvalue weighted by atomic mass is 16.2. The van der Waals surface area contributed by atoms with Crippen LogP contribution in [0.5, 0.6) is 0 Å². The van der Waals surface area contributed by atoms with Crippen LogP contribution in [0.4, 0.5) is 0 Å². The highest BCUT2D eigenvalue weighted by Gasteiger charge is 2.45. The van der Waals surface area contributed by atoms with E-state index in [-0.39, 0.29) is 11.9 Å².